The van der Waals surface area contributed by atoms with Crippen LogP contribution < -0.4 is 25.3 Å². The molecular formula is C35H39N5O6. The monoisotopic (exact) mass is 625 g/mol. The van der Waals surface area contributed by atoms with Gasteiger partial charge in [0, 0.05) is 29.0 Å². The molecule has 0 atom stereocenters. The van der Waals surface area contributed by atoms with Gasteiger partial charge in [0.15, 0.2) is 0 Å². The number of aromatic carboxylic acids is 1. The van der Waals surface area contributed by atoms with Gasteiger partial charge < -0.3 is 30.4 Å². The Kier molecular flexibility index (Phi) is 9.18. The number of rotatable bonds is 11. The molecule has 2 heterocycles. The van der Waals surface area contributed by atoms with Crippen LogP contribution in [0, 0.1) is 5.92 Å². The number of hydrogen-bond donors (Lipinski definition) is 3. The van der Waals surface area contributed by atoms with E-state index >= 15 is 0 Å². The second-order valence-corrected chi connectivity index (χ2v) is 12.1. The Bertz CT molecular complexity index is 1760. The van der Waals surface area contributed by atoms with Crippen molar-refractivity contribution in [3.05, 3.63) is 59.4 Å². The number of nitrogens with zero attached hydrogens (tertiary/aromatic N) is 3. The summed E-state index contributed by atoms with van der Waals surface area (Å²) in [7, 11) is 3.01. The lowest BCUT2D eigenvalue weighted by molar-refractivity contribution is 0.0696. The number of primary amides is 1. The maximum absolute atomic E-state index is 12.7. The zero-order valence-electron chi connectivity index (χ0n) is 26.2. The van der Waals surface area contributed by atoms with Crippen LogP contribution in [0.3, 0.4) is 0 Å². The number of benzene rings is 2. The summed E-state index contributed by atoms with van der Waals surface area (Å²) in [5.41, 5.74) is 9.96. The highest BCUT2D eigenvalue weighted by Gasteiger charge is 2.24. The SMILES string of the molecule is COc1ncc(-c2cc3ncc(C(N)=O)c(Nc4cc(C(=O)O)cc(C5CCCC5)c4)c3cc2OCC2CCCCC2)c(OC)n1. The number of carbonyl (C=O) groups excluding carboxylic acids is 1. The van der Waals surface area contributed by atoms with Gasteiger partial charge in [-0.3, -0.25) is 9.78 Å². The fourth-order valence-electron chi connectivity index (χ4n) is 6.71. The second-order valence-electron chi connectivity index (χ2n) is 12.1. The molecule has 11 nitrogen and oxygen atoms in total. The molecule has 0 saturated heterocycles. The molecular weight excluding hydrogens is 586 g/mol. The Labute approximate surface area is 267 Å². The Morgan fingerprint density at radius 3 is 2.37 bits per heavy atom. The predicted octanol–water partition coefficient (Wildman–Crippen LogP) is 6.87. The number of methoxy groups -OCH3 is 2. The van der Waals surface area contributed by atoms with Crippen LogP contribution in [0.25, 0.3) is 22.0 Å². The molecule has 11 heteroatoms. The van der Waals surface area contributed by atoms with E-state index in [1.54, 1.807) is 18.3 Å². The van der Waals surface area contributed by atoms with Gasteiger partial charge in [-0.05, 0) is 73.4 Å². The summed E-state index contributed by atoms with van der Waals surface area (Å²) in [5.74, 6) is -0.119. The zero-order valence-corrected chi connectivity index (χ0v) is 26.2. The number of anilines is 2. The fourth-order valence-corrected chi connectivity index (χ4v) is 6.71. The lowest BCUT2D eigenvalue weighted by Crippen LogP contribution is -2.16. The lowest BCUT2D eigenvalue weighted by Gasteiger charge is -2.23. The molecule has 0 aliphatic heterocycles. The third-order valence-electron chi connectivity index (χ3n) is 9.13. The van der Waals surface area contributed by atoms with Crippen molar-refractivity contribution in [3.8, 4) is 28.8 Å². The second kappa shape index (κ2) is 13.6. The first-order valence-electron chi connectivity index (χ1n) is 15.8. The normalized spacial score (nSPS) is 15.5. The third-order valence-corrected chi connectivity index (χ3v) is 9.13. The smallest absolute Gasteiger partial charge is 0.335 e. The maximum atomic E-state index is 12.7. The van der Waals surface area contributed by atoms with E-state index < -0.39 is 11.9 Å². The highest BCUT2D eigenvalue weighted by molar-refractivity contribution is 6.09. The third kappa shape index (κ3) is 6.54. The molecule has 4 aromatic rings. The topological polar surface area (TPSA) is 159 Å². The van der Waals surface area contributed by atoms with Gasteiger partial charge in [-0.15, -0.1) is 0 Å². The van der Waals surface area contributed by atoms with E-state index in [1.165, 1.54) is 39.7 Å². The molecule has 0 bridgehead atoms. The zero-order chi connectivity index (χ0) is 32.2. The standard InChI is InChI=1S/C35H39N5O6/c1-44-33-27(17-38-35(40-33)45-2)25-15-29-26(16-30(25)46-19-20-8-4-3-5-9-20)31(28(18-37-29)32(36)41)39-24-13-22(21-10-6-7-11-21)12-23(14-24)34(42)43/h12-18,20-21H,3-11,19H2,1-2H3,(H2,36,41)(H,37,39)(H,42,43). The van der Waals surface area contributed by atoms with Gasteiger partial charge in [0.2, 0.25) is 5.88 Å². The highest BCUT2D eigenvalue weighted by atomic mass is 16.5. The first kappa shape index (κ1) is 31.1. The van der Waals surface area contributed by atoms with Gasteiger partial charge >= 0.3 is 12.0 Å². The van der Waals surface area contributed by atoms with Crippen LogP contribution in [-0.2, 0) is 0 Å². The Morgan fingerprint density at radius 1 is 0.913 bits per heavy atom. The van der Waals surface area contributed by atoms with E-state index in [0.717, 1.165) is 44.1 Å². The van der Waals surface area contributed by atoms with Crippen LogP contribution in [0.4, 0.5) is 11.4 Å². The molecule has 4 N–H and O–H groups in total. The predicted molar refractivity (Wildman–Crippen MR) is 174 cm³/mol. The van der Waals surface area contributed by atoms with Crippen LogP contribution in [0.1, 0.15) is 90.0 Å². The summed E-state index contributed by atoms with van der Waals surface area (Å²) < 4.78 is 17.4. The van der Waals surface area contributed by atoms with Crippen LogP contribution >= 0.6 is 0 Å². The Balaban J connectivity index is 1.50. The average molecular weight is 626 g/mol. The molecule has 2 aromatic heterocycles. The van der Waals surface area contributed by atoms with Crippen LogP contribution in [0.15, 0.2) is 42.7 Å². The largest absolute Gasteiger partial charge is 0.493 e. The van der Waals surface area contributed by atoms with Gasteiger partial charge in [-0.1, -0.05) is 32.1 Å². The van der Waals surface area contributed by atoms with Gasteiger partial charge in [0.25, 0.3) is 5.91 Å². The van der Waals surface area contributed by atoms with Gasteiger partial charge in [0.1, 0.15) is 5.75 Å². The number of aromatic nitrogens is 3. The molecule has 2 fully saturated rings. The van der Waals surface area contributed by atoms with Crippen molar-refractivity contribution in [1.82, 2.24) is 15.0 Å². The minimum absolute atomic E-state index is 0.169. The van der Waals surface area contributed by atoms with Crippen molar-refractivity contribution < 1.29 is 28.9 Å². The Hall–Kier alpha value is -4.93. The number of nitrogens with one attached hydrogen (secondary N) is 1. The van der Waals surface area contributed by atoms with Crippen molar-refractivity contribution in [2.75, 3.05) is 26.1 Å². The molecule has 1 amide bonds. The van der Waals surface area contributed by atoms with Crippen LogP contribution in [0.5, 0.6) is 17.6 Å². The summed E-state index contributed by atoms with van der Waals surface area (Å²) in [5, 5.41) is 13.9. The summed E-state index contributed by atoms with van der Waals surface area (Å²) in [6.45, 7) is 0.523. The summed E-state index contributed by atoms with van der Waals surface area (Å²) in [6.07, 6.45) is 13.1. The Morgan fingerprint density at radius 2 is 1.67 bits per heavy atom. The van der Waals surface area contributed by atoms with Crippen LogP contribution in [0.2, 0.25) is 0 Å². The number of fused-ring (bicyclic) bond motifs is 1. The molecule has 2 saturated carbocycles. The molecule has 2 aliphatic rings. The van der Waals surface area contributed by atoms with Crippen molar-refractivity contribution in [1.29, 1.82) is 0 Å². The summed E-state index contributed by atoms with van der Waals surface area (Å²) in [4.78, 5) is 38.1. The van der Waals surface area contributed by atoms with E-state index in [2.05, 4.69) is 20.3 Å². The van der Waals surface area contributed by atoms with Crippen molar-refractivity contribution >= 4 is 34.2 Å². The maximum Gasteiger partial charge on any atom is 0.335 e. The van der Waals surface area contributed by atoms with Crippen LogP contribution in [-0.4, -0.2) is 52.8 Å². The van der Waals surface area contributed by atoms with Crippen molar-refractivity contribution in [2.24, 2.45) is 11.7 Å². The highest BCUT2D eigenvalue weighted by Crippen LogP contribution is 2.42. The molecule has 0 radical (unpaired) electrons. The molecule has 0 spiro atoms. The molecule has 2 aliphatic carbocycles. The van der Waals surface area contributed by atoms with E-state index in [1.807, 2.05) is 18.2 Å². The van der Waals surface area contributed by atoms with Crippen molar-refractivity contribution in [2.45, 2.75) is 63.7 Å². The number of carbonyl (C=O) groups is 2. The number of carboxylic acid groups (broad SMARTS) is 1. The molecule has 46 heavy (non-hydrogen) atoms. The van der Waals surface area contributed by atoms with Gasteiger partial charge in [0.05, 0.1) is 48.7 Å². The van der Waals surface area contributed by atoms with E-state index in [-0.39, 0.29) is 23.1 Å². The summed E-state index contributed by atoms with van der Waals surface area (Å²) >= 11 is 0. The van der Waals surface area contributed by atoms with Gasteiger partial charge in [-0.25, -0.2) is 9.78 Å². The number of hydrogen-bond acceptors (Lipinski definition) is 9. The quantitative estimate of drug-likeness (QED) is 0.161. The minimum Gasteiger partial charge on any atom is -0.493 e. The summed E-state index contributed by atoms with van der Waals surface area (Å²) in [6, 6.07) is 9.16. The first-order chi connectivity index (χ1) is 22.3. The van der Waals surface area contributed by atoms with Gasteiger partial charge in [-0.2, -0.15) is 4.98 Å². The van der Waals surface area contributed by atoms with E-state index in [0.29, 0.717) is 57.6 Å². The molecule has 0 unspecified atom stereocenters. The number of pyridine rings is 1. The number of carboxylic acids is 1. The average Bonchev–Trinajstić information content (AvgIpc) is 3.62. The number of ether oxygens (including phenoxy) is 3. The van der Waals surface area contributed by atoms with E-state index in [9.17, 15) is 14.7 Å². The number of nitrogens with two attached hydrogens (primary N) is 1. The minimum atomic E-state index is -1.02. The van der Waals surface area contributed by atoms with E-state index in [4.69, 9.17) is 19.9 Å². The van der Waals surface area contributed by atoms with Crippen molar-refractivity contribution in [3.63, 3.8) is 0 Å². The lowest BCUT2D eigenvalue weighted by atomic mass is 9.90. The fraction of sp³-hybridized carbons (Fsp3) is 0.400. The molecule has 240 valence electrons. The molecule has 2 aromatic carbocycles. The first-order valence-corrected chi connectivity index (χ1v) is 15.8. The molecule has 6 rings (SSSR count). The number of amides is 1.